The standard InChI is InChI=1S/C18H18BrN3O3/c1-24-8-7-22-16-9-12(18(23)25-2)3-6-15(16)21-17(22)10-14-5-4-13(19)11-20-14/h3-6,9,11H,7-8,10H2,1-2H3. The lowest BCUT2D eigenvalue weighted by Gasteiger charge is -2.09. The van der Waals surface area contributed by atoms with Gasteiger partial charge < -0.3 is 14.0 Å². The van der Waals surface area contributed by atoms with E-state index in [1.165, 1.54) is 7.11 Å². The van der Waals surface area contributed by atoms with Crippen molar-refractivity contribution >= 4 is 32.9 Å². The Hall–Kier alpha value is -2.25. The summed E-state index contributed by atoms with van der Waals surface area (Å²) in [6.45, 7) is 1.19. The third-order valence-corrected chi connectivity index (χ3v) is 4.36. The average molecular weight is 404 g/mol. The molecule has 0 radical (unpaired) electrons. The Morgan fingerprint density at radius 1 is 1.24 bits per heavy atom. The lowest BCUT2D eigenvalue weighted by atomic mass is 10.2. The zero-order chi connectivity index (χ0) is 17.8. The van der Waals surface area contributed by atoms with Crippen LogP contribution in [0, 0.1) is 0 Å². The lowest BCUT2D eigenvalue weighted by Crippen LogP contribution is -2.10. The number of aromatic nitrogens is 3. The van der Waals surface area contributed by atoms with Crippen LogP contribution in [0.2, 0.25) is 0 Å². The second-order valence-electron chi connectivity index (χ2n) is 5.51. The van der Waals surface area contributed by atoms with Crippen LogP contribution in [-0.2, 0) is 22.4 Å². The third kappa shape index (κ3) is 3.88. The van der Waals surface area contributed by atoms with Crippen molar-refractivity contribution in [2.24, 2.45) is 0 Å². The number of fused-ring (bicyclic) bond motifs is 1. The summed E-state index contributed by atoms with van der Waals surface area (Å²) in [4.78, 5) is 21.0. The summed E-state index contributed by atoms with van der Waals surface area (Å²) in [6.07, 6.45) is 2.37. The third-order valence-electron chi connectivity index (χ3n) is 3.90. The van der Waals surface area contributed by atoms with E-state index in [-0.39, 0.29) is 5.97 Å². The largest absolute Gasteiger partial charge is 0.465 e. The number of carbonyl (C=O) groups excluding carboxylic acids is 1. The van der Waals surface area contributed by atoms with Gasteiger partial charge in [0.15, 0.2) is 0 Å². The zero-order valence-electron chi connectivity index (χ0n) is 14.0. The van der Waals surface area contributed by atoms with E-state index in [1.807, 2.05) is 24.3 Å². The Balaban J connectivity index is 2.03. The van der Waals surface area contributed by atoms with Crippen molar-refractivity contribution in [2.75, 3.05) is 20.8 Å². The normalized spacial score (nSPS) is 11.0. The van der Waals surface area contributed by atoms with Gasteiger partial charge in [-0.05, 0) is 46.3 Å². The first-order valence-corrected chi connectivity index (χ1v) is 8.58. The fraction of sp³-hybridized carbons (Fsp3) is 0.278. The maximum absolute atomic E-state index is 11.8. The molecule has 6 nitrogen and oxygen atoms in total. The van der Waals surface area contributed by atoms with Crippen LogP contribution in [0.1, 0.15) is 21.9 Å². The molecule has 3 rings (SSSR count). The Bertz CT molecular complexity index is 890. The summed E-state index contributed by atoms with van der Waals surface area (Å²) in [5.74, 6) is 0.515. The Labute approximate surface area is 153 Å². The van der Waals surface area contributed by atoms with Gasteiger partial charge in [0, 0.05) is 36.4 Å². The number of rotatable bonds is 6. The van der Waals surface area contributed by atoms with E-state index < -0.39 is 0 Å². The van der Waals surface area contributed by atoms with Crippen molar-refractivity contribution < 1.29 is 14.3 Å². The minimum atomic E-state index is -0.363. The first kappa shape index (κ1) is 17.6. The van der Waals surface area contributed by atoms with Gasteiger partial charge in [-0.2, -0.15) is 0 Å². The van der Waals surface area contributed by atoms with Gasteiger partial charge in [0.2, 0.25) is 0 Å². The summed E-state index contributed by atoms with van der Waals surface area (Å²) in [6, 6.07) is 9.29. The van der Waals surface area contributed by atoms with Crippen LogP contribution in [0.4, 0.5) is 0 Å². The summed E-state index contributed by atoms with van der Waals surface area (Å²) in [5.41, 5.74) is 3.13. The number of halogens is 1. The molecule has 0 unspecified atom stereocenters. The molecule has 0 saturated heterocycles. The maximum atomic E-state index is 11.8. The predicted octanol–water partition coefficient (Wildman–Crippen LogP) is 3.22. The first-order chi connectivity index (χ1) is 12.1. The summed E-state index contributed by atoms with van der Waals surface area (Å²) in [7, 11) is 3.04. The Morgan fingerprint density at radius 3 is 2.76 bits per heavy atom. The molecule has 0 aliphatic heterocycles. The number of pyridine rings is 1. The van der Waals surface area contributed by atoms with Crippen LogP contribution in [0.5, 0.6) is 0 Å². The number of esters is 1. The molecule has 0 bridgehead atoms. The molecule has 0 atom stereocenters. The molecule has 2 heterocycles. The number of hydrogen-bond acceptors (Lipinski definition) is 5. The van der Waals surface area contributed by atoms with E-state index in [0.29, 0.717) is 25.1 Å². The fourth-order valence-corrected chi connectivity index (χ4v) is 2.89. The molecular formula is C18H18BrN3O3. The van der Waals surface area contributed by atoms with Gasteiger partial charge in [0.05, 0.1) is 30.3 Å². The van der Waals surface area contributed by atoms with Crippen molar-refractivity contribution in [1.29, 1.82) is 0 Å². The number of benzene rings is 1. The molecule has 0 saturated carbocycles. The van der Waals surface area contributed by atoms with Crippen LogP contribution in [0.15, 0.2) is 41.0 Å². The second-order valence-corrected chi connectivity index (χ2v) is 6.43. The molecule has 3 aromatic rings. The average Bonchev–Trinajstić information content (AvgIpc) is 2.97. The minimum absolute atomic E-state index is 0.363. The van der Waals surface area contributed by atoms with E-state index in [2.05, 4.69) is 25.5 Å². The van der Waals surface area contributed by atoms with Crippen LogP contribution in [0.3, 0.4) is 0 Å². The van der Waals surface area contributed by atoms with Gasteiger partial charge in [0.25, 0.3) is 0 Å². The van der Waals surface area contributed by atoms with Crippen molar-refractivity contribution in [2.45, 2.75) is 13.0 Å². The monoisotopic (exact) mass is 403 g/mol. The molecule has 0 fully saturated rings. The van der Waals surface area contributed by atoms with Gasteiger partial charge in [0.1, 0.15) is 5.82 Å². The fourth-order valence-electron chi connectivity index (χ4n) is 2.66. The van der Waals surface area contributed by atoms with Gasteiger partial charge in [-0.15, -0.1) is 0 Å². The molecule has 1 aromatic carbocycles. The molecule has 25 heavy (non-hydrogen) atoms. The Morgan fingerprint density at radius 2 is 2.08 bits per heavy atom. The summed E-state index contributed by atoms with van der Waals surface area (Å²) >= 11 is 3.39. The van der Waals surface area contributed by atoms with E-state index in [4.69, 9.17) is 14.5 Å². The van der Waals surface area contributed by atoms with Gasteiger partial charge in [-0.3, -0.25) is 4.98 Å². The predicted molar refractivity (Wildman–Crippen MR) is 97.7 cm³/mol. The summed E-state index contributed by atoms with van der Waals surface area (Å²) in [5, 5.41) is 0. The molecule has 0 aliphatic carbocycles. The van der Waals surface area contributed by atoms with E-state index >= 15 is 0 Å². The number of methoxy groups -OCH3 is 2. The molecule has 0 aliphatic rings. The molecule has 2 aromatic heterocycles. The van der Waals surface area contributed by atoms with Crippen molar-refractivity contribution in [3.63, 3.8) is 0 Å². The van der Waals surface area contributed by atoms with Crippen LogP contribution in [-0.4, -0.2) is 41.3 Å². The zero-order valence-corrected chi connectivity index (χ0v) is 15.6. The molecule has 7 heteroatoms. The smallest absolute Gasteiger partial charge is 0.337 e. The van der Waals surface area contributed by atoms with Crippen molar-refractivity contribution in [3.8, 4) is 0 Å². The van der Waals surface area contributed by atoms with E-state index in [0.717, 1.165) is 27.0 Å². The van der Waals surface area contributed by atoms with Crippen LogP contribution >= 0.6 is 15.9 Å². The number of carbonyl (C=O) groups is 1. The van der Waals surface area contributed by atoms with Gasteiger partial charge in [-0.25, -0.2) is 9.78 Å². The van der Waals surface area contributed by atoms with Crippen molar-refractivity contribution in [3.05, 3.63) is 58.1 Å². The van der Waals surface area contributed by atoms with Crippen LogP contribution < -0.4 is 0 Å². The van der Waals surface area contributed by atoms with Gasteiger partial charge in [-0.1, -0.05) is 0 Å². The summed E-state index contributed by atoms with van der Waals surface area (Å²) < 4.78 is 13.0. The number of ether oxygens (including phenoxy) is 2. The van der Waals surface area contributed by atoms with Crippen LogP contribution in [0.25, 0.3) is 11.0 Å². The Kier molecular flexibility index (Phi) is 5.45. The molecule has 130 valence electrons. The number of hydrogen-bond donors (Lipinski definition) is 0. The molecular weight excluding hydrogens is 386 g/mol. The molecule has 0 N–H and O–H groups in total. The highest BCUT2D eigenvalue weighted by Gasteiger charge is 2.14. The van der Waals surface area contributed by atoms with Crippen molar-refractivity contribution in [1.82, 2.24) is 14.5 Å². The highest BCUT2D eigenvalue weighted by atomic mass is 79.9. The highest BCUT2D eigenvalue weighted by Crippen LogP contribution is 2.21. The number of imidazole rings is 1. The maximum Gasteiger partial charge on any atom is 0.337 e. The van der Waals surface area contributed by atoms with E-state index in [1.54, 1.807) is 19.4 Å². The molecule has 0 spiro atoms. The van der Waals surface area contributed by atoms with Gasteiger partial charge >= 0.3 is 5.97 Å². The number of nitrogens with zero attached hydrogens (tertiary/aromatic N) is 3. The minimum Gasteiger partial charge on any atom is -0.465 e. The second kappa shape index (κ2) is 7.76. The first-order valence-electron chi connectivity index (χ1n) is 7.79. The SMILES string of the molecule is COCCn1c(Cc2ccc(Br)cn2)nc2ccc(C(=O)OC)cc21. The lowest BCUT2D eigenvalue weighted by molar-refractivity contribution is 0.0601. The highest BCUT2D eigenvalue weighted by molar-refractivity contribution is 9.10. The van der Waals surface area contributed by atoms with E-state index in [9.17, 15) is 4.79 Å². The molecule has 0 amide bonds. The quantitative estimate of drug-likeness (QED) is 0.591. The topological polar surface area (TPSA) is 66.2 Å².